The summed E-state index contributed by atoms with van der Waals surface area (Å²) < 4.78 is 0. The lowest BCUT2D eigenvalue weighted by atomic mass is 10.0. The second-order valence-electron chi connectivity index (χ2n) is 14.2. The minimum Gasteiger partial charge on any atom is -0.394 e. The molecule has 3 atom stereocenters. The molecule has 0 aliphatic heterocycles. The van der Waals surface area contributed by atoms with Crippen LogP contribution in [0.4, 0.5) is 0 Å². The van der Waals surface area contributed by atoms with Crippen LogP contribution in [0.5, 0.6) is 0 Å². The van der Waals surface area contributed by atoms with Gasteiger partial charge < -0.3 is 20.6 Å². The summed E-state index contributed by atoms with van der Waals surface area (Å²) in [5, 5.41) is 32.9. The lowest BCUT2D eigenvalue weighted by Crippen LogP contribution is -2.48. The third-order valence-corrected chi connectivity index (χ3v) is 9.49. The Balaban J connectivity index is 3.71. The molecule has 0 aromatic carbocycles. The number of nitrogens with one attached hydrogen (secondary N) is 1. The molecule has 0 aliphatic carbocycles. The molecule has 0 fully saturated rings. The van der Waals surface area contributed by atoms with Gasteiger partial charge in [-0.25, -0.2) is 0 Å². The van der Waals surface area contributed by atoms with Gasteiger partial charge in [-0.1, -0.05) is 204 Å². The van der Waals surface area contributed by atoms with Gasteiger partial charge in [0, 0.05) is 6.42 Å². The average Bonchev–Trinajstić information content (AvgIpc) is 3.09. The first kappa shape index (κ1) is 46.6. The molecule has 48 heavy (non-hydrogen) atoms. The molecule has 3 unspecified atom stereocenters. The molecule has 0 aromatic heterocycles. The van der Waals surface area contributed by atoms with Crippen molar-refractivity contribution in [2.75, 3.05) is 6.61 Å². The van der Waals surface area contributed by atoms with Crippen LogP contribution in [-0.2, 0) is 4.79 Å². The van der Waals surface area contributed by atoms with Crippen molar-refractivity contribution in [2.45, 2.75) is 225 Å². The van der Waals surface area contributed by atoms with Crippen molar-refractivity contribution in [1.29, 1.82) is 0 Å². The Hall–Kier alpha value is -1.43. The molecule has 282 valence electrons. The number of carbonyl (C=O) groups excluding carboxylic acids is 1. The number of allylic oxidation sites excluding steroid dienone is 4. The number of carbonyl (C=O) groups is 1. The molecule has 0 aromatic rings. The molecule has 0 rings (SSSR count). The molecule has 0 bridgehead atoms. The second kappa shape index (κ2) is 38.4. The largest absolute Gasteiger partial charge is 0.394 e. The summed E-state index contributed by atoms with van der Waals surface area (Å²) in [6.45, 7) is 4.14. The van der Waals surface area contributed by atoms with Gasteiger partial charge in [0.2, 0.25) is 5.91 Å². The summed E-state index contributed by atoms with van der Waals surface area (Å²) in [7, 11) is 0. The molecule has 0 aliphatic rings. The summed E-state index contributed by atoms with van der Waals surface area (Å²) in [5.74, 6) is -0.571. The fraction of sp³-hybridized carbons (Fsp3) is 0.837. The van der Waals surface area contributed by atoms with Crippen LogP contribution in [-0.4, -0.2) is 46.1 Å². The molecule has 5 heteroatoms. The first-order chi connectivity index (χ1) is 23.6. The first-order valence-corrected chi connectivity index (χ1v) is 20.8. The Morgan fingerprint density at radius 2 is 0.896 bits per heavy atom. The Bertz CT molecular complexity index is 749. The van der Waals surface area contributed by atoms with E-state index in [9.17, 15) is 20.1 Å². The maximum atomic E-state index is 12.4. The van der Waals surface area contributed by atoms with Crippen LogP contribution in [0.3, 0.4) is 0 Å². The van der Waals surface area contributed by atoms with Crippen molar-refractivity contribution < 1.29 is 20.1 Å². The van der Waals surface area contributed by atoms with Crippen LogP contribution < -0.4 is 5.32 Å². The monoisotopic (exact) mass is 676 g/mol. The van der Waals surface area contributed by atoms with E-state index in [2.05, 4.69) is 31.3 Å². The van der Waals surface area contributed by atoms with Crippen LogP contribution in [0.2, 0.25) is 0 Å². The lowest BCUT2D eigenvalue weighted by molar-refractivity contribution is -0.131. The molecule has 4 N–H and O–H groups in total. The molecule has 0 saturated heterocycles. The highest BCUT2D eigenvalue weighted by Crippen LogP contribution is 2.15. The zero-order valence-electron chi connectivity index (χ0n) is 31.9. The van der Waals surface area contributed by atoms with Crippen LogP contribution >= 0.6 is 0 Å². The highest BCUT2D eigenvalue weighted by molar-refractivity contribution is 5.81. The second-order valence-corrected chi connectivity index (χ2v) is 14.2. The molecule has 1 amide bonds. The van der Waals surface area contributed by atoms with Crippen molar-refractivity contribution in [3.63, 3.8) is 0 Å². The normalized spacial score (nSPS) is 14.0. The van der Waals surface area contributed by atoms with Gasteiger partial charge in [0.25, 0.3) is 0 Å². The van der Waals surface area contributed by atoms with Crippen molar-refractivity contribution in [3.8, 4) is 0 Å². The Labute approximate surface area is 298 Å². The first-order valence-electron chi connectivity index (χ1n) is 20.8. The number of amides is 1. The van der Waals surface area contributed by atoms with Crippen molar-refractivity contribution in [1.82, 2.24) is 5.32 Å². The highest BCUT2D eigenvalue weighted by atomic mass is 16.3. The van der Waals surface area contributed by atoms with Crippen molar-refractivity contribution >= 4 is 5.91 Å². The summed E-state index contributed by atoms with van der Waals surface area (Å²) in [6.07, 6.45) is 47.7. The minimum absolute atomic E-state index is 0.209. The van der Waals surface area contributed by atoms with E-state index in [1.54, 1.807) is 6.08 Å². The van der Waals surface area contributed by atoms with E-state index >= 15 is 0 Å². The van der Waals surface area contributed by atoms with Gasteiger partial charge in [-0.05, 0) is 32.1 Å². The number of rotatable bonds is 37. The topological polar surface area (TPSA) is 89.8 Å². The fourth-order valence-electron chi connectivity index (χ4n) is 6.17. The van der Waals surface area contributed by atoms with E-state index in [4.69, 9.17) is 0 Å². The van der Waals surface area contributed by atoms with Crippen LogP contribution in [0.15, 0.2) is 36.5 Å². The smallest absolute Gasteiger partial charge is 0.249 e. The molecule has 0 radical (unpaired) electrons. The quantitative estimate of drug-likeness (QED) is 0.0390. The number of unbranched alkanes of at least 4 members (excludes halogenated alkanes) is 26. The lowest BCUT2D eigenvalue weighted by Gasteiger charge is -2.21. The number of hydrogen-bond donors (Lipinski definition) is 4. The zero-order chi connectivity index (χ0) is 35.2. The van der Waals surface area contributed by atoms with E-state index in [1.165, 1.54) is 161 Å². The molecular weight excluding hydrogens is 594 g/mol. The van der Waals surface area contributed by atoms with Gasteiger partial charge >= 0.3 is 0 Å². The van der Waals surface area contributed by atoms with Gasteiger partial charge in [0.05, 0.1) is 18.8 Å². The predicted molar refractivity (Wildman–Crippen MR) is 208 cm³/mol. The highest BCUT2D eigenvalue weighted by Gasteiger charge is 2.22. The average molecular weight is 676 g/mol. The summed E-state index contributed by atoms with van der Waals surface area (Å²) in [4.78, 5) is 12.4. The number of aliphatic hydroxyl groups excluding tert-OH is 3. The van der Waals surface area contributed by atoms with E-state index < -0.39 is 24.2 Å². The van der Waals surface area contributed by atoms with Crippen molar-refractivity contribution in [2.24, 2.45) is 0 Å². The minimum atomic E-state index is -1.20. The maximum Gasteiger partial charge on any atom is 0.249 e. The van der Waals surface area contributed by atoms with Gasteiger partial charge in [-0.15, -0.1) is 0 Å². The Morgan fingerprint density at radius 1 is 0.521 bits per heavy atom. The predicted octanol–water partition coefficient (Wildman–Crippen LogP) is 11.6. The Kier molecular flexibility index (Phi) is 37.2. The maximum absolute atomic E-state index is 12.4. The standard InChI is InChI=1S/C43H81NO4/c1-3-5-7-9-11-13-15-17-18-19-20-21-22-23-24-25-26-28-29-31-33-35-37-41(46)40(39-45)44-43(48)42(47)38-36-34-32-30-27-16-14-12-10-8-6-4-2/h27,30,34-37,40-42,45-47H,3-26,28-29,31-33,38-39H2,1-2H3,(H,44,48)/b30-27-,36-34-,37-35+. The molecule has 0 spiro atoms. The third-order valence-electron chi connectivity index (χ3n) is 9.49. The van der Waals surface area contributed by atoms with Gasteiger partial charge in [-0.3, -0.25) is 4.79 Å². The summed E-state index contributed by atoms with van der Waals surface area (Å²) >= 11 is 0. The van der Waals surface area contributed by atoms with Crippen LogP contribution in [0.25, 0.3) is 0 Å². The van der Waals surface area contributed by atoms with Crippen molar-refractivity contribution in [3.05, 3.63) is 36.5 Å². The number of aliphatic hydroxyl groups is 3. The summed E-state index contributed by atoms with van der Waals surface area (Å²) in [6, 6.07) is -0.827. The van der Waals surface area contributed by atoms with Gasteiger partial charge in [0.15, 0.2) is 0 Å². The molecule has 0 saturated carbocycles. The molecule has 5 nitrogen and oxygen atoms in total. The third kappa shape index (κ3) is 33.1. The van der Waals surface area contributed by atoms with E-state index in [1.807, 2.05) is 18.2 Å². The fourth-order valence-corrected chi connectivity index (χ4v) is 6.17. The zero-order valence-corrected chi connectivity index (χ0v) is 31.9. The van der Waals surface area contributed by atoms with Crippen LogP contribution in [0.1, 0.15) is 206 Å². The SMILES string of the molecule is CCCCCCCC/C=C\C/C=C\CC(O)C(=O)NC(CO)C(O)/C=C/CCCCCCCCCCCCCCCCCCCCCC. The van der Waals surface area contributed by atoms with E-state index in [0.717, 1.165) is 25.7 Å². The van der Waals surface area contributed by atoms with Gasteiger partial charge in [-0.2, -0.15) is 0 Å². The van der Waals surface area contributed by atoms with E-state index in [-0.39, 0.29) is 13.0 Å². The molecular formula is C43H81NO4. The van der Waals surface area contributed by atoms with Crippen LogP contribution in [0, 0.1) is 0 Å². The Morgan fingerprint density at radius 3 is 1.31 bits per heavy atom. The molecule has 0 heterocycles. The number of hydrogen-bond acceptors (Lipinski definition) is 4. The summed E-state index contributed by atoms with van der Waals surface area (Å²) in [5.41, 5.74) is 0. The van der Waals surface area contributed by atoms with E-state index in [0.29, 0.717) is 0 Å². The van der Waals surface area contributed by atoms with Gasteiger partial charge in [0.1, 0.15) is 6.10 Å².